The predicted octanol–water partition coefficient (Wildman–Crippen LogP) is 2.59. The first-order chi connectivity index (χ1) is 17.6. The SMILES string of the molecule is CCC1CC(=O)NC1COc1ncc(N[S+]([O-])c2cn(C)c(C)n2)c2cc(C(N)=O)c(OC(C)C)cc12. The Labute approximate surface area is 218 Å². The summed E-state index contributed by atoms with van der Waals surface area (Å²) in [7, 11) is 1.82. The third kappa shape index (κ3) is 5.75. The van der Waals surface area contributed by atoms with Crippen LogP contribution in [-0.4, -0.2) is 49.7 Å². The van der Waals surface area contributed by atoms with E-state index >= 15 is 0 Å². The molecule has 1 fully saturated rings. The zero-order valence-corrected chi connectivity index (χ0v) is 22.3. The number of imidazole rings is 1. The van der Waals surface area contributed by atoms with Crippen molar-refractivity contribution in [1.29, 1.82) is 0 Å². The molecule has 0 saturated carbocycles. The van der Waals surface area contributed by atoms with Crippen molar-refractivity contribution in [2.45, 2.75) is 57.7 Å². The highest BCUT2D eigenvalue weighted by Gasteiger charge is 2.32. The van der Waals surface area contributed by atoms with Gasteiger partial charge in [0.25, 0.3) is 10.9 Å². The number of ether oxygens (including phenoxy) is 2. The number of nitrogens with one attached hydrogen (secondary N) is 2. The lowest BCUT2D eigenvalue weighted by Gasteiger charge is -2.20. The maximum absolute atomic E-state index is 13.0. The second-order valence-electron chi connectivity index (χ2n) is 9.37. The van der Waals surface area contributed by atoms with Gasteiger partial charge in [0.2, 0.25) is 11.8 Å². The zero-order chi connectivity index (χ0) is 26.9. The van der Waals surface area contributed by atoms with Crippen LogP contribution in [0.5, 0.6) is 11.6 Å². The van der Waals surface area contributed by atoms with Crippen molar-refractivity contribution in [3.8, 4) is 11.6 Å². The van der Waals surface area contributed by atoms with E-state index in [0.29, 0.717) is 45.4 Å². The van der Waals surface area contributed by atoms with Crippen LogP contribution in [0.2, 0.25) is 0 Å². The van der Waals surface area contributed by atoms with Gasteiger partial charge in [0.1, 0.15) is 35.2 Å². The summed E-state index contributed by atoms with van der Waals surface area (Å²) < 4.78 is 29.7. The molecule has 1 saturated heterocycles. The Morgan fingerprint density at radius 3 is 2.76 bits per heavy atom. The topological polar surface area (TPSA) is 156 Å². The molecule has 1 aliphatic rings. The molecule has 0 aliphatic carbocycles. The summed E-state index contributed by atoms with van der Waals surface area (Å²) >= 11 is -1.69. The van der Waals surface area contributed by atoms with Gasteiger partial charge in [-0.25, -0.2) is 4.98 Å². The molecule has 2 amide bonds. The molecule has 3 unspecified atom stereocenters. The molecule has 1 aromatic carbocycles. The predicted molar refractivity (Wildman–Crippen MR) is 140 cm³/mol. The lowest BCUT2D eigenvalue weighted by Crippen LogP contribution is -2.34. The van der Waals surface area contributed by atoms with Crippen molar-refractivity contribution >= 4 is 39.6 Å². The maximum atomic E-state index is 13.0. The van der Waals surface area contributed by atoms with E-state index in [4.69, 9.17) is 15.2 Å². The molecule has 37 heavy (non-hydrogen) atoms. The third-order valence-corrected chi connectivity index (χ3v) is 7.33. The minimum atomic E-state index is -1.69. The molecule has 2 aromatic heterocycles. The summed E-state index contributed by atoms with van der Waals surface area (Å²) in [4.78, 5) is 33.0. The van der Waals surface area contributed by atoms with Crippen LogP contribution < -0.4 is 25.2 Å². The van der Waals surface area contributed by atoms with Crippen LogP contribution in [-0.2, 0) is 23.2 Å². The van der Waals surface area contributed by atoms with Gasteiger partial charge in [-0.1, -0.05) is 13.3 Å². The number of rotatable bonds is 10. The van der Waals surface area contributed by atoms with Gasteiger partial charge in [0.15, 0.2) is 0 Å². The van der Waals surface area contributed by atoms with Crippen LogP contribution in [0.1, 0.15) is 49.8 Å². The largest absolute Gasteiger partial charge is 0.587 e. The monoisotopic (exact) mass is 528 g/mol. The number of benzene rings is 1. The van der Waals surface area contributed by atoms with Crippen LogP contribution >= 0.6 is 0 Å². The standard InChI is InChI=1S/C25H32N6O5S/c1-6-15-7-22(32)29-20(15)12-35-25-17-9-21(36-13(2)3)18(24(26)33)8-16(17)19(10-27-25)30-37(34)23-11-31(5)14(4)28-23/h8-11,13,15,20,30H,6-7,12H2,1-5H3,(H2,26,33)(H,29,32). The lowest BCUT2D eigenvalue weighted by atomic mass is 9.98. The molecule has 1 aliphatic heterocycles. The zero-order valence-electron chi connectivity index (χ0n) is 21.5. The highest BCUT2D eigenvalue weighted by Crippen LogP contribution is 2.36. The van der Waals surface area contributed by atoms with E-state index in [2.05, 4.69) is 20.0 Å². The number of aromatic nitrogens is 3. The van der Waals surface area contributed by atoms with Crippen molar-refractivity contribution in [3.05, 3.63) is 35.9 Å². The number of anilines is 1. The number of aryl methyl sites for hydroxylation is 2. The molecular formula is C25H32N6O5S. The van der Waals surface area contributed by atoms with Crippen molar-refractivity contribution < 1.29 is 23.6 Å². The second-order valence-corrected chi connectivity index (χ2v) is 10.5. The fourth-order valence-electron chi connectivity index (χ4n) is 4.29. The lowest BCUT2D eigenvalue weighted by molar-refractivity contribution is -0.119. The number of nitrogens with two attached hydrogens (primary N) is 1. The van der Waals surface area contributed by atoms with E-state index in [1.807, 2.05) is 34.7 Å². The third-order valence-electron chi connectivity index (χ3n) is 6.35. The summed E-state index contributed by atoms with van der Waals surface area (Å²) in [6.45, 7) is 7.77. The Balaban J connectivity index is 1.74. The summed E-state index contributed by atoms with van der Waals surface area (Å²) in [6, 6.07) is 3.10. The number of primary amides is 1. The van der Waals surface area contributed by atoms with Crippen molar-refractivity contribution in [2.24, 2.45) is 18.7 Å². The number of amides is 2. The minimum absolute atomic E-state index is 0.00349. The molecule has 198 valence electrons. The average Bonchev–Trinajstić information content (AvgIpc) is 3.38. The van der Waals surface area contributed by atoms with Gasteiger partial charge in [0.05, 0.1) is 30.1 Å². The quantitative estimate of drug-likeness (QED) is 0.339. The molecule has 4 rings (SSSR count). The molecule has 4 N–H and O–H groups in total. The number of carbonyl (C=O) groups excluding carboxylic acids is 2. The molecular weight excluding hydrogens is 496 g/mol. The van der Waals surface area contributed by atoms with Gasteiger partial charge >= 0.3 is 0 Å². The van der Waals surface area contributed by atoms with Gasteiger partial charge in [-0.15, -0.1) is 0 Å². The van der Waals surface area contributed by atoms with E-state index in [-0.39, 0.29) is 36.1 Å². The molecule has 3 aromatic rings. The first-order valence-electron chi connectivity index (χ1n) is 12.1. The Bertz CT molecular complexity index is 1310. The molecule has 0 bridgehead atoms. The number of nitrogens with zero attached hydrogens (tertiary/aromatic N) is 3. The Kier molecular flexibility index (Phi) is 7.79. The average molecular weight is 529 g/mol. The van der Waals surface area contributed by atoms with Crippen molar-refractivity contribution in [2.75, 3.05) is 11.3 Å². The molecule has 11 nitrogen and oxygen atoms in total. The summed E-state index contributed by atoms with van der Waals surface area (Å²) in [5.41, 5.74) is 6.25. The van der Waals surface area contributed by atoms with Gasteiger partial charge < -0.3 is 29.6 Å². The van der Waals surface area contributed by atoms with E-state index in [1.165, 1.54) is 6.20 Å². The van der Waals surface area contributed by atoms with Gasteiger partial charge in [0, 0.05) is 24.2 Å². The first kappa shape index (κ1) is 26.6. The van der Waals surface area contributed by atoms with E-state index < -0.39 is 17.3 Å². The summed E-state index contributed by atoms with van der Waals surface area (Å²) in [6.07, 6.45) is 4.26. The number of hydrogen-bond donors (Lipinski definition) is 3. The fourth-order valence-corrected chi connectivity index (χ4v) is 5.23. The van der Waals surface area contributed by atoms with Gasteiger partial charge in [-0.05, 0) is 38.8 Å². The number of carbonyl (C=O) groups is 2. The van der Waals surface area contributed by atoms with Crippen LogP contribution in [0.3, 0.4) is 0 Å². The normalized spacial score (nSPS) is 18.2. The highest BCUT2D eigenvalue weighted by molar-refractivity contribution is 7.92. The van der Waals surface area contributed by atoms with E-state index in [1.54, 1.807) is 22.9 Å². The molecule has 3 atom stereocenters. The number of hydrogen-bond acceptors (Lipinski definition) is 8. The number of pyridine rings is 1. The molecule has 3 heterocycles. The maximum Gasteiger partial charge on any atom is 0.289 e. The highest BCUT2D eigenvalue weighted by atomic mass is 32.2. The van der Waals surface area contributed by atoms with Crippen LogP contribution in [0.4, 0.5) is 5.69 Å². The first-order valence-corrected chi connectivity index (χ1v) is 13.3. The van der Waals surface area contributed by atoms with Crippen molar-refractivity contribution in [3.63, 3.8) is 0 Å². The van der Waals surface area contributed by atoms with E-state index in [9.17, 15) is 14.1 Å². The Morgan fingerprint density at radius 2 is 2.14 bits per heavy atom. The smallest absolute Gasteiger partial charge is 0.289 e. The van der Waals surface area contributed by atoms with E-state index in [0.717, 1.165) is 6.42 Å². The van der Waals surface area contributed by atoms with Crippen LogP contribution in [0.15, 0.2) is 29.6 Å². The van der Waals surface area contributed by atoms with Crippen LogP contribution in [0.25, 0.3) is 10.8 Å². The van der Waals surface area contributed by atoms with Crippen molar-refractivity contribution in [1.82, 2.24) is 19.9 Å². The number of fused-ring (bicyclic) bond motifs is 1. The Hall–Kier alpha value is -3.51. The minimum Gasteiger partial charge on any atom is -0.587 e. The molecule has 12 heteroatoms. The molecule has 0 spiro atoms. The van der Waals surface area contributed by atoms with Crippen LogP contribution in [0, 0.1) is 12.8 Å². The summed E-state index contributed by atoms with van der Waals surface area (Å²) in [5, 5.41) is 4.38. The van der Waals surface area contributed by atoms with Gasteiger partial charge in [-0.3, -0.25) is 9.59 Å². The summed E-state index contributed by atoms with van der Waals surface area (Å²) in [5.74, 6) is 0.812. The molecule has 0 radical (unpaired) electrons. The second kappa shape index (κ2) is 10.9. The van der Waals surface area contributed by atoms with Gasteiger partial charge in [-0.2, -0.15) is 9.71 Å². The Morgan fingerprint density at radius 1 is 1.38 bits per heavy atom. The fraction of sp³-hybridized carbons (Fsp3) is 0.440.